The second-order valence-electron chi connectivity index (χ2n) is 8.07. The number of rotatable bonds is 7. The van der Waals surface area contributed by atoms with Gasteiger partial charge >= 0.3 is 5.69 Å². The number of ketones is 1. The van der Waals surface area contributed by atoms with Gasteiger partial charge in [0.1, 0.15) is 17.6 Å². The number of nitrogens with two attached hydrogens (primary N) is 1. The Morgan fingerprint density at radius 1 is 1.22 bits per heavy atom. The highest BCUT2D eigenvalue weighted by Gasteiger charge is 2.26. The molecule has 1 aliphatic heterocycles. The fourth-order valence-electron chi connectivity index (χ4n) is 3.90. The number of ether oxygens (including phenoxy) is 2. The van der Waals surface area contributed by atoms with Gasteiger partial charge in [0.15, 0.2) is 18.4 Å². The highest BCUT2D eigenvalue weighted by atomic mass is 16.7. The van der Waals surface area contributed by atoms with Crippen LogP contribution in [0.1, 0.15) is 45.8 Å². The van der Waals surface area contributed by atoms with Gasteiger partial charge in [0.2, 0.25) is 0 Å². The van der Waals surface area contributed by atoms with Crippen molar-refractivity contribution in [3.8, 4) is 11.7 Å². The number of benzene rings is 2. The number of fused-ring (bicyclic) bond motifs is 1. The second-order valence-corrected chi connectivity index (χ2v) is 8.07. The largest absolute Gasteiger partial charge is 0.466 e. The van der Waals surface area contributed by atoms with Crippen LogP contribution in [0, 0.1) is 5.41 Å². The number of anilines is 1. The quantitative estimate of drug-likeness (QED) is 0.173. The molecule has 0 saturated carbocycles. The van der Waals surface area contributed by atoms with Crippen molar-refractivity contribution in [2.24, 2.45) is 5.73 Å². The van der Waals surface area contributed by atoms with Crippen LogP contribution in [0.3, 0.4) is 0 Å². The Labute approximate surface area is 204 Å². The van der Waals surface area contributed by atoms with E-state index in [1.807, 2.05) is 6.07 Å². The van der Waals surface area contributed by atoms with Gasteiger partial charge in [0.05, 0.1) is 12.2 Å². The third kappa shape index (κ3) is 4.44. The molecule has 0 radical (unpaired) electrons. The predicted molar refractivity (Wildman–Crippen MR) is 129 cm³/mol. The molecule has 0 aliphatic carbocycles. The van der Waals surface area contributed by atoms with Gasteiger partial charge in [-0.15, -0.1) is 9.78 Å². The molecule has 12 nitrogen and oxygen atoms in total. The fourth-order valence-corrected chi connectivity index (χ4v) is 3.90. The van der Waals surface area contributed by atoms with Crippen LogP contribution in [0.4, 0.5) is 5.69 Å². The predicted octanol–water partition coefficient (Wildman–Crippen LogP) is 1.91. The first-order valence-corrected chi connectivity index (χ1v) is 11.0. The number of hydrogen-bond acceptors (Lipinski definition) is 9. The molecule has 12 heteroatoms. The number of nitrogens with one attached hydrogen (secondary N) is 3. The van der Waals surface area contributed by atoms with Crippen molar-refractivity contribution in [2.45, 2.75) is 19.6 Å². The van der Waals surface area contributed by atoms with Gasteiger partial charge in [-0.25, -0.2) is 14.8 Å². The van der Waals surface area contributed by atoms with Crippen LogP contribution in [-0.4, -0.2) is 43.1 Å². The molecule has 2 aromatic heterocycles. The molecule has 1 atom stereocenters. The number of nitrogens with zero attached hydrogens (tertiary/aromatic N) is 4. The molecule has 1 unspecified atom stereocenters. The van der Waals surface area contributed by atoms with Crippen LogP contribution < -0.4 is 21.5 Å². The number of aromatic nitrogens is 5. The average molecular weight is 486 g/mol. The molecule has 182 valence electrons. The van der Waals surface area contributed by atoms with Crippen LogP contribution in [0.25, 0.3) is 5.95 Å². The molecule has 5 rings (SSSR count). The summed E-state index contributed by atoms with van der Waals surface area (Å²) in [5, 5.41) is 15.4. The number of amidine groups is 1. The Bertz CT molecular complexity index is 1500. The number of aromatic amines is 1. The highest BCUT2D eigenvalue weighted by molar-refractivity contribution is 5.97. The lowest BCUT2D eigenvalue weighted by Crippen LogP contribution is -2.19. The van der Waals surface area contributed by atoms with Crippen LogP contribution in [0.5, 0.6) is 5.75 Å². The zero-order valence-corrected chi connectivity index (χ0v) is 19.2. The molecular formula is C24H22N8O4. The molecule has 1 aliphatic rings. The van der Waals surface area contributed by atoms with Crippen LogP contribution in [0.2, 0.25) is 0 Å². The van der Waals surface area contributed by atoms with Crippen LogP contribution in [0.15, 0.2) is 59.7 Å². The van der Waals surface area contributed by atoms with Crippen molar-refractivity contribution in [2.75, 3.05) is 12.1 Å². The Kier molecular flexibility index (Phi) is 6.00. The molecular weight excluding hydrogens is 464 g/mol. The van der Waals surface area contributed by atoms with Gasteiger partial charge in [0, 0.05) is 29.2 Å². The van der Waals surface area contributed by atoms with Gasteiger partial charge in [-0.3, -0.25) is 15.2 Å². The van der Waals surface area contributed by atoms with E-state index in [0.29, 0.717) is 33.7 Å². The average Bonchev–Trinajstić information content (AvgIpc) is 3.28. The van der Waals surface area contributed by atoms with Crippen molar-refractivity contribution in [1.82, 2.24) is 24.7 Å². The Morgan fingerprint density at radius 2 is 1.97 bits per heavy atom. The molecule has 5 N–H and O–H groups in total. The minimum atomic E-state index is -0.684. The molecule has 36 heavy (non-hydrogen) atoms. The van der Waals surface area contributed by atoms with Crippen molar-refractivity contribution in [1.29, 1.82) is 5.41 Å². The summed E-state index contributed by atoms with van der Waals surface area (Å²) in [6.45, 7) is 1.79. The smallest absolute Gasteiger partial charge is 0.350 e. The standard InChI is InChI=1S/C24H22N8O4/c1-13(33)18-10-15(9-16-11-35-12-36-20(16)18)19(29-17-5-3-14(4-6-17)21(25)26)22-30-24(34)32(31-22)23-27-7-2-8-28-23/h2-10,19,29H,11-12H2,1H3,(H3,25,26)(H,30,31,34). The summed E-state index contributed by atoms with van der Waals surface area (Å²) >= 11 is 0. The number of carbonyl (C=O) groups excluding carboxylic acids is 1. The topological polar surface area (TPSA) is 174 Å². The maximum atomic E-state index is 12.8. The van der Waals surface area contributed by atoms with Crippen LogP contribution >= 0.6 is 0 Å². The maximum absolute atomic E-state index is 12.8. The molecule has 0 bridgehead atoms. The Morgan fingerprint density at radius 3 is 2.67 bits per heavy atom. The summed E-state index contributed by atoms with van der Waals surface area (Å²) in [6.07, 6.45) is 3.02. The first-order valence-electron chi connectivity index (χ1n) is 11.0. The zero-order valence-electron chi connectivity index (χ0n) is 19.2. The van der Waals surface area contributed by atoms with Gasteiger partial charge in [-0.2, -0.15) is 0 Å². The number of H-pyrrole nitrogens is 1. The molecule has 4 aromatic rings. The number of carbonyl (C=O) groups is 1. The lowest BCUT2D eigenvalue weighted by Gasteiger charge is -2.24. The minimum absolute atomic E-state index is 0.0511. The van der Waals surface area contributed by atoms with E-state index in [2.05, 4.69) is 25.4 Å². The van der Waals surface area contributed by atoms with E-state index < -0.39 is 11.7 Å². The van der Waals surface area contributed by atoms with E-state index in [1.165, 1.54) is 19.3 Å². The van der Waals surface area contributed by atoms with Crippen molar-refractivity contribution in [3.63, 3.8) is 0 Å². The summed E-state index contributed by atoms with van der Waals surface area (Å²) in [7, 11) is 0. The van der Waals surface area contributed by atoms with Crippen LogP contribution in [-0.2, 0) is 11.3 Å². The summed E-state index contributed by atoms with van der Waals surface area (Å²) in [5.41, 5.74) is 8.05. The summed E-state index contributed by atoms with van der Waals surface area (Å²) in [6, 6.07) is 11.4. The van der Waals surface area contributed by atoms with Crippen molar-refractivity contribution in [3.05, 3.63) is 93.4 Å². The van der Waals surface area contributed by atoms with E-state index >= 15 is 0 Å². The monoisotopic (exact) mass is 486 g/mol. The first-order chi connectivity index (χ1) is 17.4. The molecule has 0 spiro atoms. The maximum Gasteiger partial charge on any atom is 0.350 e. The van der Waals surface area contributed by atoms with Gasteiger partial charge in [-0.1, -0.05) is 0 Å². The number of hydrogen-bond donors (Lipinski definition) is 4. The van der Waals surface area contributed by atoms with E-state index in [0.717, 1.165) is 4.68 Å². The minimum Gasteiger partial charge on any atom is -0.466 e. The Hall–Kier alpha value is -4.84. The third-order valence-electron chi connectivity index (χ3n) is 5.60. The lowest BCUT2D eigenvalue weighted by atomic mass is 9.96. The summed E-state index contributed by atoms with van der Waals surface area (Å²) in [5.74, 6) is 0.654. The Balaban J connectivity index is 1.63. The van der Waals surface area contributed by atoms with Gasteiger partial charge in [-0.05, 0) is 55.0 Å². The molecule has 0 amide bonds. The number of Topliss-reactive ketones (excluding diaryl/α,β-unsaturated/α-hetero) is 1. The SMILES string of the molecule is CC(=O)c1cc(C(Nc2ccc(C(=N)N)cc2)c2nn(-c3ncccn3)c(=O)[nH]2)cc2c1OCOC2. The second kappa shape index (κ2) is 9.43. The lowest BCUT2D eigenvalue weighted by molar-refractivity contribution is -0.0168. The van der Waals surface area contributed by atoms with Crippen molar-refractivity contribution >= 4 is 17.3 Å². The third-order valence-corrected chi connectivity index (χ3v) is 5.60. The van der Waals surface area contributed by atoms with Crippen molar-refractivity contribution < 1.29 is 14.3 Å². The molecule has 3 heterocycles. The fraction of sp³-hybridized carbons (Fsp3) is 0.167. The summed E-state index contributed by atoms with van der Waals surface area (Å²) in [4.78, 5) is 36.2. The normalized spacial score (nSPS) is 13.4. The highest BCUT2D eigenvalue weighted by Crippen LogP contribution is 2.34. The van der Waals surface area contributed by atoms with Gasteiger partial charge < -0.3 is 20.5 Å². The van der Waals surface area contributed by atoms with E-state index in [1.54, 1.807) is 36.4 Å². The number of nitrogen functional groups attached to an aromatic ring is 1. The van der Waals surface area contributed by atoms with E-state index in [-0.39, 0.29) is 36.8 Å². The zero-order chi connectivity index (χ0) is 25.2. The van der Waals surface area contributed by atoms with E-state index in [4.69, 9.17) is 20.6 Å². The summed E-state index contributed by atoms with van der Waals surface area (Å²) < 4.78 is 12.1. The first kappa shape index (κ1) is 22.9. The molecule has 0 fully saturated rings. The molecule has 2 aromatic carbocycles. The van der Waals surface area contributed by atoms with Gasteiger partial charge in [0.25, 0.3) is 5.95 Å². The molecule has 0 saturated heterocycles. The van der Waals surface area contributed by atoms with E-state index in [9.17, 15) is 9.59 Å².